The van der Waals surface area contributed by atoms with Crippen LogP contribution in [-0.2, 0) is 0 Å². The minimum absolute atomic E-state index is 0.435. The Bertz CT molecular complexity index is 340. The van der Waals surface area contributed by atoms with E-state index in [0.717, 1.165) is 24.0 Å². The zero-order valence-electron chi connectivity index (χ0n) is 7.91. The van der Waals surface area contributed by atoms with Crippen LogP contribution in [0, 0.1) is 0 Å². The van der Waals surface area contributed by atoms with Crippen molar-refractivity contribution >= 4 is 11.6 Å². The Labute approximate surface area is 89.0 Å². The van der Waals surface area contributed by atoms with Gasteiger partial charge in [0.05, 0.1) is 0 Å². The standard InChI is InChI=1S/C12H13ClO/c13-11-7-5-10(6-8-11)12(14)9-3-1-2-4-9/h3,5-8,12,14H,1-2,4H2. The summed E-state index contributed by atoms with van der Waals surface area (Å²) in [4.78, 5) is 0. The number of aliphatic hydroxyl groups is 1. The van der Waals surface area contributed by atoms with E-state index in [1.807, 2.05) is 24.3 Å². The van der Waals surface area contributed by atoms with Gasteiger partial charge in [0, 0.05) is 5.02 Å². The lowest BCUT2D eigenvalue weighted by Crippen LogP contribution is -1.99. The van der Waals surface area contributed by atoms with E-state index in [0.29, 0.717) is 5.02 Å². The van der Waals surface area contributed by atoms with Gasteiger partial charge < -0.3 is 5.11 Å². The number of aliphatic hydroxyl groups excluding tert-OH is 1. The summed E-state index contributed by atoms with van der Waals surface area (Å²) in [5.41, 5.74) is 2.08. The molecule has 0 saturated heterocycles. The smallest absolute Gasteiger partial charge is 0.100 e. The summed E-state index contributed by atoms with van der Waals surface area (Å²) in [6.07, 6.45) is 4.98. The van der Waals surface area contributed by atoms with Gasteiger partial charge in [0.25, 0.3) is 0 Å². The Hall–Kier alpha value is -0.790. The predicted molar refractivity (Wildman–Crippen MR) is 58.3 cm³/mol. The second-order valence-electron chi connectivity index (χ2n) is 3.63. The number of hydrogen-bond acceptors (Lipinski definition) is 1. The number of hydrogen-bond donors (Lipinski definition) is 1. The SMILES string of the molecule is OC(C1=CCCC1)c1ccc(Cl)cc1. The van der Waals surface area contributed by atoms with Crippen LogP contribution in [0.4, 0.5) is 0 Å². The van der Waals surface area contributed by atoms with Gasteiger partial charge in [-0.1, -0.05) is 29.8 Å². The molecule has 1 aliphatic carbocycles. The van der Waals surface area contributed by atoms with E-state index in [9.17, 15) is 5.11 Å². The third kappa shape index (κ3) is 1.99. The largest absolute Gasteiger partial charge is 0.384 e. The van der Waals surface area contributed by atoms with Crippen molar-refractivity contribution in [3.05, 3.63) is 46.5 Å². The Morgan fingerprint density at radius 1 is 1.21 bits per heavy atom. The topological polar surface area (TPSA) is 20.2 Å². The molecule has 0 bridgehead atoms. The Kier molecular flexibility index (Phi) is 2.90. The van der Waals surface area contributed by atoms with Crippen LogP contribution in [0.15, 0.2) is 35.9 Å². The molecule has 1 N–H and O–H groups in total. The summed E-state index contributed by atoms with van der Waals surface area (Å²) in [5.74, 6) is 0. The van der Waals surface area contributed by atoms with Crippen molar-refractivity contribution in [3.63, 3.8) is 0 Å². The Balaban J connectivity index is 2.18. The second-order valence-corrected chi connectivity index (χ2v) is 4.06. The Morgan fingerprint density at radius 3 is 2.50 bits per heavy atom. The van der Waals surface area contributed by atoms with Gasteiger partial charge in [-0.25, -0.2) is 0 Å². The van der Waals surface area contributed by atoms with Crippen molar-refractivity contribution < 1.29 is 5.11 Å². The highest BCUT2D eigenvalue weighted by Gasteiger charge is 2.15. The fourth-order valence-electron chi connectivity index (χ4n) is 1.80. The zero-order valence-corrected chi connectivity index (χ0v) is 8.67. The maximum atomic E-state index is 10.00. The molecule has 1 nitrogen and oxygen atoms in total. The lowest BCUT2D eigenvalue weighted by Gasteiger charge is -2.12. The summed E-state index contributed by atoms with van der Waals surface area (Å²) < 4.78 is 0. The second kappa shape index (κ2) is 4.16. The fourth-order valence-corrected chi connectivity index (χ4v) is 1.93. The van der Waals surface area contributed by atoms with Gasteiger partial charge >= 0.3 is 0 Å². The molecule has 1 aromatic rings. The third-order valence-corrected chi connectivity index (χ3v) is 2.87. The summed E-state index contributed by atoms with van der Waals surface area (Å²) in [6.45, 7) is 0. The van der Waals surface area contributed by atoms with Gasteiger partial charge in [-0.05, 0) is 42.5 Å². The molecular formula is C12H13ClO. The monoisotopic (exact) mass is 208 g/mol. The van der Waals surface area contributed by atoms with E-state index in [4.69, 9.17) is 11.6 Å². The van der Waals surface area contributed by atoms with Gasteiger partial charge in [-0.2, -0.15) is 0 Å². The van der Waals surface area contributed by atoms with Crippen LogP contribution in [0.5, 0.6) is 0 Å². The highest BCUT2D eigenvalue weighted by Crippen LogP contribution is 2.30. The number of allylic oxidation sites excluding steroid dienone is 1. The van der Waals surface area contributed by atoms with Crippen LogP contribution < -0.4 is 0 Å². The van der Waals surface area contributed by atoms with Gasteiger partial charge in [-0.3, -0.25) is 0 Å². The van der Waals surface area contributed by atoms with E-state index in [1.165, 1.54) is 6.42 Å². The molecule has 74 valence electrons. The van der Waals surface area contributed by atoms with E-state index >= 15 is 0 Å². The average Bonchev–Trinajstić information content (AvgIpc) is 2.71. The number of rotatable bonds is 2. The molecule has 0 aromatic heterocycles. The molecule has 0 heterocycles. The molecule has 0 aliphatic heterocycles. The highest BCUT2D eigenvalue weighted by molar-refractivity contribution is 6.30. The molecule has 2 heteroatoms. The van der Waals surface area contributed by atoms with Crippen LogP contribution in [0.3, 0.4) is 0 Å². The average molecular weight is 209 g/mol. The molecule has 0 radical (unpaired) electrons. The summed E-state index contributed by atoms with van der Waals surface area (Å²) in [7, 11) is 0. The highest BCUT2D eigenvalue weighted by atomic mass is 35.5. The van der Waals surface area contributed by atoms with E-state index in [-0.39, 0.29) is 0 Å². The van der Waals surface area contributed by atoms with E-state index in [1.54, 1.807) is 0 Å². The number of benzene rings is 1. The molecule has 1 unspecified atom stereocenters. The number of halogens is 1. The molecule has 1 aromatic carbocycles. The van der Waals surface area contributed by atoms with Crippen LogP contribution in [0.2, 0.25) is 5.02 Å². The van der Waals surface area contributed by atoms with Gasteiger partial charge in [-0.15, -0.1) is 0 Å². The summed E-state index contributed by atoms with van der Waals surface area (Å²) in [6, 6.07) is 7.39. The molecular weight excluding hydrogens is 196 g/mol. The molecule has 2 rings (SSSR count). The fraction of sp³-hybridized carbons (Fsp3) is 0.333. The first-order valence-corrected chi connectivity index (χ1v) is 5.27. The third-order valence-electron chi connectivity index (χ3n) is 2.61. The Morgan fingerprint density at radius 2 is 1.93 bits per heavy atom. The first-order chi connectivity index (χ1) is 6.77. The van der Waals surface area contributed by atoms with Gasteiger partial charge in [0.2, 0.25) is 0 Å². The van der Waals surface area contributed by atoms with Crippen LogP contribution in [0.25, 0.3) is 0 Å². The first kappa shape index (κ1) is 9.75. The van der Waals surface area contributed by atoms with Crippen LogP contribution in [0.1, 0.15) is 30.9 Å². The first-order valence-electron chi connectivity index (χ1n) is 4.90. The lowest BCUT2D eigenvalue weighted by atomic mass is 10.0. The molecule has 0 fully saturated rings. The maximum Gasteiger partial charge on any atom is 0.100 e. The minimum Gasteiger partial charge on any atom is -0.384 e. The predicted octanol–water partition coefficient (Wildman–Crippen LogP) is 3.48. The summed E-state index contributed by atoms with van der Waals surface area (Å²) in [5, 5.41) is 10.7. The molecule has 1 atom stereocenters. The molecule has 0 spiro atoms. The molecule has 14 heavy (non-hydrogen) atoms. The van der Waals surface area contributed by atoms with Crippen molar-refractivity contribution in [3.8, 4) is 0 Å². The van der Waals surface area contributed by atoms with Crippen LogP contribution in [-0.4, -0.2) is 5.11 Å². The van der Waals surface area contributed by atoms with Crippen molar-refractivity contribution in [2.24, 2.45) is 0 Å². The summed E-state index contributed by atoms with van der Waals surface area (Å²) >= 11 is 5.78. The lowest BCUT2D eigenvalue weighted by molar-refractivity contribution is 0.212. The van der Waals surface area contributed by atoms with Crippen molar-refractivity contribution in [1.29, 1.82) is 0 Å². The normalized spacial score (nSPS) is 18.0. The van der Waals surface area contributed by atoms with Gasteiger partial charge in [0.1, 0.15) is 6.10 Å². The van der Waals surface area contributed by atoms with Crippen LogP contribution >= 0.6 is 11.6 Å². The van der Waals surface area contributed by atoms with E-state index in [2.05, 4.69) is 6.08 Å². The molecule has 0 amide bonds. The van der Waals surface area contributed by atoms with Crippen molar-refractivity contribution in [1.82, 2.24) is 0 Å². The van der Waals surface area contributed by atoms with Crippen molar-refractivity contribution in [2.75, 3.05) is 0 Å². The van der Waals surface area contributed by atoms with Gasteiger partial charge in [0.15, 0.2) is 0 Å². The molecule has 0 saturated carbocycles. The quantitative estimate of drug-likeness (QED) is 0.738. The van der Waals surface area contributed by atoms with Crippen molar-refractivity contribution in [2.45, 2.75) is 25.4 Å². The maximum absolute atomic E-state index is 10.00. The minimum atomic E-state index is -0.435. The zero-order chi connectivity index (χ0) is 9.97. The van der Waals surface area contributed by atoms with E-state index < -0.39 is 6.10 Å². The molecule has 1 aliphatic rings.